The van der Waals surface area contributed by atoms with Crippen molar-refractivity contribution in [1.82, 2.24) is 34.5 Å². The van der Waals surface area contributed by atoms with Gasteiger partial charge in [0.15, 0.2) is 5.82 Å². The van der Waals surface area contributed by atoms with Gasteiger partial charge in [0, 0.05) is 24.4 Å². The van der Waals surface area contributed by atoms with Crippen LogP contribution < -0.4 is 5.32 Å². The summed E-state index contributed by atoms with van der Waals surface area (Å²) in [4.78, 5) is 9.33. The molecular weight excluding hydrogens is 430 g/mol. The van der Waals surface area contributed by atoms with E-state index in [0.29, 0.717) is 34.3 Å². The second-order valence-corrected chi connectivity index (χ2v) is 7.94. The van der Waals surface area contributed by atoms with Gasteiger partial charge in [0.1, 0.15) is 29.6 Å². The molecule has 1 atom stereocenters. The minimum atomic E-state index is -0.748. The van der Waals surface area contributed by atoms with Crippen LogP contribution in [0.15, 0.2) is 54.9 Å². The van der Waals surface area contributed by atoms with Crippen LogP contribution in [0.2, 0.25) is 0 Å². The lowest BCUT2D eigenvalue weighted by Gasteiger charge is -2.12. The van der Waals surface area contributed by atoms with Crippen molar-refractivity contribution >= 4 is 22.5 Å². The van der Waals surface area contributed by atoms with E-state index in [1.54, 1.807) is 26.4 Å². The topological polar surface area (TPSA) is 130 Å². The van der Waals surface area contributed by atoms with Crippen LogP contribution >= 0.6 is 0 Å². The Bertz CT molecular complexity index is 1540. The number of nitrogens with one attached hydrogen (secondary N) is 1. The first-order valence-electron chi connectivity index (χ1n) is 10.6. The summed E-state index contributed by atoms with van der Waals surface area (Å²) in [5, 5.41) is 35.4. The average molecular weight is 451 g/mol. The number of nitriles is 1. The normalized spacial score (nSPS) is 12.0. The molecule has 4 heterocycles. The first kappa shape index (κ1) is 21.2. The lowest BCUT2D eigenvalue weighted by molar-refractivity contribution is 0.199. The highest BCUT2D eigenvalue weighted by Gasteiger charge is 2.18. The van der Waals surface area contributed by atoms with Crippen LogP contribution in [0.1, 0.15) is 30.0 Å². The van der Waals surface area contributed by atoms with Crippen LogP contribution in [0, 0.1) is 18.3 Å². The van der Waals surface area contributed by atoms with Gasteiger partial charge in [-0.3, -0.25) is 9.25 Å². The minimum absolute atomic E-state index is 0.408. The standard InChI is InChI=1S/C24H21N9O/c1-14-4-8-22(30-29-14)27-16-5-7-21-19(10-16)26-13-33(21)23-9-6-18(15(2)34)24(28-23)20-11-17(12-25)32(3)31-20/h4-11,13,15,34H,1-3H3,(H,27,30). The number of hydrogen-bond acceptors (Lipinski definition) is 8. The first-order valence-corrected chi connectivity index (χ1v) is 10.6. The number of nitrogens with zero attached hydrogens (tertiary/aromatic N) is 8. The number of pyridine rings is 1. The highest BCUT2D eigenvalue weighted by atomic mass is 16.3. The lowest BCUT2D eigenvalue weighted by atomic mass is 10.1. The number of hydrogen-bond donors (Lipinski definition) is 2. The van der Waals surface area contributed by atoms with Gasteiger partial charge in [-0.15, -0.1) is 5.10 Å². The molecule has 0 saturated carbocycles. The van der Waals surface area contributed by atoms with E-state index in [1.165, 1.54) is 4.68 Å². The van der Waals surface area contributed by atoms with Crippen molar-refractivity contribution in [1.29, 1.82) is 5.26 Å². The zero-order valence-corrected chi connectivity index (χ0v) is 18.8. The summed E-state index contributed by atoms with van der Waals surface area (Å²) in [7, 11) is 1.70. The van der Waals surface area contributed by atoms with E-state index in [9.17, 15) is 10.4 Å². The highest BCUT2D eigenvalue weighted by molar-refractivity contribution is 5.82. The van der Waals surface area contributed by atoms with E-state index in [2.05, 4.69) is 31.7 Å². The molecule has 0 amide bonds. The number of aliphatic hydroxyl groups is 1. The van der Waals surface area contributed by atoms with E-state index in [4.69, 9.17) is 4.98 Å². The Hall–Kier alpha value is -4.62. The molecule has 0 radical (unpaired) electrons. The molecule has 168 valence electrons. The van der Waals surface area contributed by atoms with E-state index in [0.717, 1.165) is 22.4 Å². The van der Waals surface area contributed by atoms with Gasteiger partial charge >= 0.3 is 0 Å². The minimum Gasteiger partial charge on any atom is -0.389 e. The zero-order chi connectivity index (χ0) is 23.8. The van der Waals surface area contributed by atoms with Crippen molar-refractivity contribution in [3.05, 3.63) is 71.8 Å². The third kappa shape index (κ3) is 3.85. The van der Waals surface area contributed by atoms with Gasteiger partial charge in [0.25, 0.3) is 0 Å². The van der Waals surface area contributed by atoms with Crippen molar-refractivity contribution < 1.29 is 5.11 Å². The van der Waals surface area contributed by atoms with Crippen molar-refractivity contribution in [2.24, 2.45) is 7.05 Å². The van der Waals surface area contributed by atoms with Gasteiger partial charge in [0.2, 0.25) is 0 Å². The molecule has 10 heteroatoms. The Labute approximate surface area is 195 Å². The largest absolute Gasteiger partial charge is 0.389 e. The second kappa shape index (κ2) is 8.38. The molecule has 4 aromatic heterocycles. The van der Waals surface area contributed by atoms with Crippen LogP contribution in [0.4, 0.5) is 11.5 Å². The molecule has 0 aliphatic rings. The maximum atomic E-state index is 10.3. The molecule has 0 aliphatic carbocycles. The van der Waals surface area contributed by atoms with Gasteiger partial charge in [-0.1, -0.05) is 6.07 Å². The summed E-state index contributed by atoms with van der Waals surface area (Å²) in [6.07, 6.45) is 0.954. The number of rotatable bonds is 5. The number of aromatic nitrogens is 7. The third-order valence-electron chi connectivity index (χ3n) is 5.46. The van der Waals surface area contributed by atoms with Crippen LogP contribution in [-0.4, -0.2) is 39.6 Å². The molecule has 2 N–H and O–H groups in total. The van der Waals surface area contributed by atoms with Crippen LogP contribution in [0.5, 0.6) is 0 Å². The SMILES string of the molecule is Cc1ccc(Nc2ccc3c(c2)ncn3-c2ccc(C(C)O)c(-c3cc(C#N)n(C)n3)n2)nn1. The zero-order valence-electron chi connectivity index (χ0n) is 18.8. The Morgan fingerprint density at radius 3 is 2.65 bits per heavy atom. The van der Waals surface area contributed by atoms with Gasteiger partial charge in [-0.05, 0) is 50.2 Å². The summed E-state index contributed by atoms with van der Waals surface area (Å²) >= 11 is 0. The average Bonchev–Trinajstić information content (AvgIpc) is 3.43. The molecular formula is C24H21N9O. The molecule has 5 rings (SSSR count). The number of benzene rings is 1. The lowest BCUT2D eigenvalue weighted by Crippen LogP contribution is -2.04. The molecule has 5 aromatic rings. The maximum Gasteiger partial charge on any atom is 0.153 e. The second-order valence-electron chi connectivity index (χ2n) is 7.94. The van der Waals surface area contributed by atoms with Crippen molar-refractivity contribution in [2.45, 2.75) is 20.0 Å². The van der Waals surface area contributed by atoms with Crippen molar-refractivity contribution in [3.63, 3.8) is 0 Å². The molecule has 10 nitrogen and oxygen atoms in total. The predicted octanol–water partition coefficient (Wildman–Crippen LogP) is 3.59. The summed E-state index contributed by atoms with van der Waals surface area (Å²) in [6.45, 7) is 3.56. The number of aliphatic hydroxyl groups excluding tert-OH is 1. The molecule has 0 spiro atoms. The Morgan fingerprint density at radius 1 is 1.09 bits per heavy atom. The maximum absolute atomic E-state index is 10.3. The van der Waals surface area contributed by atoms with E-state index in [1.807, 2.05) is 54.0 Å². The third-order valence-corrected chi connectivity index (χ3v) is 5.46. The number of anilines is 2. The van der Waals surface area contributed by atoms with Crippen molar-refractivity contribution in [2.75, 3.05) is 5.32 Å². The van der Waals surface area contributed by atoms with Crippen LogP contribution in [-0.2, 0) is 7.05 Å². The smallest absolute Gasteiger partial charge is 0.153 e. The van der Waals surface area contributed by atoms with Crippen molar-refractivity contribution in [3.8, 4) is 23.3 Å². The Kier molecular flexibility index (Phi) is 5.24. The fraction of sp³-hybridized carbons (Fsp3) is 0.167. The summed E-state index contributed by atoms with van der Waals surface area (Å²) in [5.74, 6) is 1.27. The molecule has 0 bridgehead atoms. The molecule has 1 unspecified atom stereocenters. The first-order chi connectivity index (χ1) is 16.4. The monoisotopic (exact) mass is 451 g/mol. The molecule has 34 heavy (non-hydrogen) atoms. The summed E-state index contributed by atoms with van der Waals surface area (Å²) in [5.41, 5.74) is 5.40. The molecule has 0 saturated heterocycles. The van der Waals surface area contributed by atoms with Gasteiger partial charge in [0.05, 0.1) is 28.5 Å². The Balaban J connectivity index is 1.54. The van der Waals surface area contributed by atoms with Gasteiger partial charge in [-0.2, -0.15) is 15.5 Å². The van der Waals surface area contributed by atoms with Crippen LogP contribution in [0.25, 0.3) is 28.2 Å². The van der Waals surface area contributed by atoms with E-state index in [-0.39, 0.29) is 0 Å². The highest BCUT2D eigenvalue weighted by Crippen LogP contribution is 2.29. The molecule has 1 aromatic carbocycles. The fourth-order valence-electron chi connectivity index (χ4n) is 3.71. The van der Waals surface area contributed by atoms with E-state index < -0.39 is 6.10 Å². The number of aryl methyl sites for hydroxylation is 2. The van der Waals surface area contributed by atoms with Gasteiger partial charge in [-0.25, -0.2) is 9.97 Å². The number of imidazole rings is 1. The molecule has 0 aliphatic heterocycles. The van der Waals surface area contributed by atoms with E-state index >= 15 is 0 Å². The molecule has 0 fully saturated rings. The number of fused-ring (bicyclic) bond motifs is 1. The predicted molar refractivity (Wildman–Crippen MR) is 126 cm³/mol. The van der Waals surface area contributed by atoms with Crippen LogP contribution in [0.3, 0.4) is 0 Å². The summed E-state index contributed by atoms with van der Waals surface area (Å²) < 4.78 is 3.36. The quantitative estimate of drug-likeness (QED) is 0.415. The van der Waals surface area contributed by atoms with Gasteiger partial charge < -0.3 is 10.4 Å². The fourth-order valence-corrected chi connectivity index (χ4v) is 3.71. The summed E-state index contributed by atoms with van der Waals surface area (Å²) in [6, 6.07) is 17.0. The Morgan fingerprint density at radius 2 is 1.94 bits per heavy atom.